The number of nitrogen functional groups attached to an aromatic ring is 1. The second kappa shape index (κ2) is 5.77. The molecule has 0 aliphatic carbocycles. The number of nitrogens with two attached hydrogens (primary N) is 1. The van der Waals surface area contributed by atoms with Gasteiger partial charge in [0, 0.05) is 17.8 Å². The lowest BCUT2D eigenvalue weighted by molar-refractivity contribution is -0.384. The molecule has 4 N–H and O–H groups in total. The topological polar surface area (TPSA) is 93.2 Å². The van der Waals surface area contributed by atoms with Crippen LogP contribution in [0.5, 0.6) is 0 Å². The molecule has 7 heteroatoms. The Morgan fingerprint density at radius 2 is 1.90 bits per heavy atom. The summed E-state index contributed by atoms with van der Waals surface area (Å²) < 4.78 is 0. The van der Waals surface area contributed by atoms with E-state index in [1.165, 1.54) is 12.1 Å². The summed E-state index contributed by atoms with van der Waals surface area (Å²) in [5.41, 5.74) is 4.99. The van der Waals surface area contributed by atoms with Crippen LogP contribution in [0.2, 0.25) is 5.02 Å². The molecule has 0 unspecified atom stereocenters. The third kappa shape index (κ3) is 3.17. The van der Waals surface area contributed by atoms with E-state index >= 15 is 0 Å². The minimum Gasteiger partial charge on any atom is -0.354 e. The van der Waals surface area contributed by atoms with Crippen LogP contribution >= 0.6 is 11.6 Å². The van der Waals surface area contributed by atoms with Crippen molar-refractivity contribution >= 4 is 34.4 Å². The maximum absolute atomic E-state index is 10.9. The van der Waals surface area contributed by atoms with Gasteiger partial charge in [0.1, 0.15) is 0 Å². The first kappa shape index (κ1) is 14.1. The molecule has 0 saturated carbocycles. The van der Waals surface area contributed by atoms with E-state index in [9.17, 15) is 10.1 Å². The molecule has 0 aliphatic heterocycles. The van der Waals surface area contributed by atoms with E-state index in [1.54, 1.807) is 6.07 Å². The Morgan fingerprint density at radius 1 is 1.20 bits per heavy atom. The van der Waals surface area contributed by atoms with Crippen molar-refractivity contribution < 1.29 is 4.92 Å². The highest BCUT2D eigenvalue weighted by Crippen LogP contribution is 2.30. The van der Waals surface area contributed by atoms with Gasteiger partial charge < -0.3 is 10.7 Å². The molecule has 0 atom stereocenters. The predicted molar refractivity (Wildman–Crippen MR) is 80.4 cm³/mol. The van der Waals surface area contributed by atoms with E-state index in [0.717, 1.165) is 5.56 Å². The average Bonchev–Trinajstić information content (AvgIpc) is 2.41. The van der Waals surface area contributed by atoms with E-state index in [1.807, 2.05) is 25.1 Å². The number of hydrazine groups is 1. The molecule has 0 aliphatic rings. The van der Waals surface area contributed by atoms with Gasteiger partial charge in [0.05, 0.1) is 21.3 Å². The van der Waals surface area contributed by atoms with Crippen molar-refractivity contribution in [3.05, 3.63) is 57.1 Å². The molecule has 0 amide bonds. The van der Waals surface area contributed by atoms with Crippen LogP contribution in [0, 0.1) is 17.0 Å². The zero-order chi connectivity index (χ0) is 14.7. The SMILES string of the molecule is Cc1ccc(Nc2cc(NN)cc([N+](=O)[O-])c2)c(Cl)c1. The number of benzene rings is 2. The molecule has 2 aromatic rings. The van der Waals surface area contributed by atoms with Crippen molar-refractivity contribution in [1.82, 2.24) is 0 Å². The van der Waals surface area contributed by atoms with Crippen molar-refractivity contribution in [2.24, 2.45) is 5.84 Å². The van der Waals surface area contributed by atoms with Crippen LogP contribution < -0.4 is 16.6 Å². The third-order valence-corrected chi connectivity index (χ3v) is 3.01. The van der Waals surface area contributed by atoms with Crippen LogP contribution in [-0.4, -0.2) is 4.92 Å². The van der Waals surface area contributed by atoms with Crippen LogP contribution in [0.4, 0.5) is 22.7 Å². The number of rotatable bonds is 4. The molecular weight excluding hydrogens is 280 g/mol. The predicted octanol–water partition coefficient (Wildman–Crippen LogP) is 3.59. The number of nitro benzene ring substituents is 1. The Bertz CT molecular complexity index is 661. The van der Waals surface area contributed by atoms with E-state index in [-0.39, 0.29) is 5.69 Å². The molecule has 0 heterocycles. The van der Waals surface area contributed by atoms with Gasteiger partial charge in [-0.05, 0) is 30.7 Å². The molecule has 0 bridgehead atoms. The maximum Gasteiger partial charge on any atom is 0.273 e. The van der Waals surface area contributed by atoms with Gasteiger partial charge in [0.25, 0.3) is 5.69 Å². The average molecular weight is 293 g/mol. The van der Waals surface area contributed by atoms with Crippen LogP contribution in [0.3, 0.4) is 0 Å². The lowest BCUT2D eigenvalue weighted by Crippen LogP contribution is -2.07. The number of hydrogen-bond donors (Lipinski definition) is 3. The Balaban J connectivity index is 2.37. The molecule has 20 heavy (non-hydrogen) atoms. The monoisotopic (exact) mass is 292 g/mol. The number of aryl methyl sites for hydroxylation is 1. The Hall–Kier alpha value is -2.31. The highest BCUT2D eigenvalue weighted by Gasteiger charge is 2.10. The summed E-state index contributed by atoms with van der Waals surface area (Å²) in [7, 11) is 0. The minimum atomic E-state index is -0.483. The lowest BCUT2D eigenvalue weighted by atomic mass is 10.2. The Kier molecular flexibility index (Phi) is 4.07. The number of hydrogen-bond acceptors (Lipinski definition) is 5. The van der Waals surface area contributed by atoms with Crippen molar-refractivity contribution in [3.8, 4) is 0 Å². The quantitative estimate of drug-likeness (QED) is 0.455. The molecule has 104 valence electrons. The van der Waals surface area contributed by atoms with E-state index in [2.05, 4.69) is 10.7 Å². The fourth-order valence-corrected chi connectivity index (χ4v) is 2.03. The van der Waals surface area contributed by atoms with Crippen molar-refractivity contribution in [2.75, 3.05) is 10.7 Å². The summed E-state index contributed by atoms with van der Waals surface area (Å²) in [6.07, 6.45) is 0. The highest BCUT2D eigenvalue weighted by molar-refractivity contribution is 6.33. The molecule has 0 saturated heterocycles. The number of non-ortho nitro benzene ring substituents is 1. The number of nitrogens with one attached hydrogen (secondary N) is 2. The fourth-order valence-electron chi connectivity index (χ4n) is 1.75. The van der Waals surface area contributed by atoms with Gasteiger partial charge in [-0.2, -0.15) is 0 Å². The van der Waals surface area contributed by atoms with Crippen molar-refractivity contribution in [1.29, 1.82) is 0 Å². The second-order valence-corrected chi connectivity index (χ2v) is 4.69. The summed E-state index contributed by atoms with van der Waals surface area (Å²) in [4.78, 5) is 10.4. The molecule has 0 radical (unpaired) electrons. The largest absolute Gasteiger partial charge is 0.354 e. The van der Waals surface area contributed by atoms with Gasteiger partial charge in [-0.15, -0.1) is 0 Å². The first-order valence-corrected chi connectivity index (χ1v) is 6.16. The van der Waals surface area contributed by atoms with Crippen LogP contribution in [-0.2, 0) is 0 Å². The van der Waals surface area contributed by atoms with Crippen LogP contribution in [0.1, 0.15) is 5.56 Å². The normalized spacial score (nSPS) is 10.2. The van der Waals surface area contributed by atoms with Gasteiger partial charge in [-0.3, -0.25) is 16.0 Å². The van der Waals surface area contributed by atoms with Gasteiger partial charge >= 0.3 is 0 Å². The van der Waals surface area contributed by atoms with E-state index in [4.69, 9.17) is 17.4 Å². The maximum atomic E-state index is 10.9. The molecule has 0 spiro atoms. The van der Waals surface area contributed by atoms with Gasteiger partial charge in [0.2, 0.25) is 0 Å². The minimum absolute atomic E-state index is 0.0637. The highest BCUT2D eigenvalue weighted by atomic mass is 35.5. The Labute approximate surface area is 120 Å². The van der Waals surface area contributed by atoms with Crippen LogP contribution in [0.15, 0.2) is 36.4 Å². The number of nitro groups is 1. The molecule has 0 fully saturated rings. The van der Waals surface area contributed by atoms with Gasteiger partial charge in [-0.25, -0.2) is 0 Å². The van der Waals surface area contributed by atoms with Crippen molar-refractivity contribution in [2.45, 2.75) is 6.92 Å². The second-order valence-electron chi connectivity index (χ2n) is 4.28. The zero-order valence-electron chi connectivity index (χ0n) is 10.7. The summed E-state index contributed by atoms with van der Waals surface area (Å²) in [6.45, 7) is 1.93. The van der Waals surface area contributed by atoms with E-state index in [0.29, 0.717) is 22.1 Å². The van der Waals surface area contributed by atoms with Crippen LogP contribution in [0.25, 0.3) is 0 Å². The molecule has 0 aromatic heterocycles. The zero-order valence-corrected chi connectivity index (χ0v) is 11.4. The number of halogens is 1. The lowest BCUT2D eigenvalue weighted by Gasteiger charge is -2.10. The third-order valence-electron chi connectivity index (χ3n) is 2.70. The molecular formula is C13H13ClN4O2. The molecule has 2 rings (SSSR count). The Morgan fingerprint density at radius 3 is 2.50 bits per heavy atom. The first-order chi connectivity index (χ1) is 9.49. The van der Waals surface area contributed by atoms with Crippen molar-refractivity contribution in [3.63, 3.8) is 0 Å². The standard InChI is InChI=1S/C13H13ClN4O2/c1-8-2-3-13(12(14)4-8)16-9-5-10(17-15)7-11(6-9)18(19)20/h2-7,16-17H,15H2,1H3. The summed E-state index contributed by atoms with van der Waals surface area (Å²) in [5.74, 6) is 5.30. The fraction of sp³-hybridized carbons (Fsp3) is 0.0769. The summed E-state index contributed by atoms with van der Waals surface area (Å²) in [5, 5.41) is 14.4. The molecule has 2 aromatic carbocycles. The van der Waals surface area contributed by atoms with E-state index < -0.39 is 4.92 Å². The summed E-state index contributed by atoms with van der Waals surface area (Å²) >= 11 is 6.12. The summed E-state index contributed by atoms with van der Waals surface area (Å²) in [6, 6.07) is 9.94. The number of anilines is 3. The smallest absolute Gasteiger partial charge is 0.273 e. The molecule has 6 nitrogen and oxygen atoms in total. The van der Waals surface area contributed by atoms with Gasteiger partial charge in [-0.1, -0.05) is 17.7 Å². The number of nitrogens with zero attached hydrogens (tertiary/aromatic N) is 1. The van der Waals surface area contributed by atoms with Gasteiger partial charge in [0.15, 0.2) is 0 Å². The first-order valence-electron chi connectivity index (χ1n) is 5.79.